The third-order valence-corrected chi connectivity index (χ3v) is 4.59. The fourth-order valence-electron chi connectivity index (χ4n) is 2.94. The molecule has 1 aliphatic rings. The van der Waals surface area contributed by atoms with Gasteiger partial charge in [0.05, 0.1) is 0 Å². The topological polar surface area (TPSA) is 26.3 Å². The first kappa shape index (κ1) is 15.5. The molecular weight excluding hydrogens is 284 g/mol. The number of hydrogen-bond donors (Lipinski definition) is 0. The Bertz CT molecular complexity index is 713. The second-order valence-electron chi connectivity index (χ2n) is 6.11. The average molecular weight is 306 g/mol. The zero-order valence-electron chi connectivity index (χ0n) is 13.7. The van der Waals surface area contributed by atoms with Gasteiger partial charge in [-0.05, 0) is 47.6 Å². The van der Waals surface area contributed by atoms with Crippen LogP contribution in [0.25, 0.3) is 0 Å². The summed E-state index contributed by atoms with van der Waals surface area (Å²) in [5, 5.41) is 0. The monoisotopic (exact) mass is 306 g/mol. The van der Waals surface area contributed by atoms with Gasteiger partial charge in [0, 0.05) is 0 Å². The van der Waals surface area contributed by atoms with Crippen molar-refractivity contribution >= 4 is 5.97 Å². The van der Waals surface area contributed by atoms with Crippen LogP contribution in [0.5, 0.6) is 5.75 Å². The van der Waals surface area contributed by atoms with Crippen LogP contribution in [0.2, 0.25) is 0 Å². The number of fused-ring (bicyclic) bond motifs is 1. The number of esters is 1. The molecule has 2 aromatic rings. The van der Waals surface area contributed by atoms with Crippen LogP contribution in [0.4, 0.5) is 0 Å². The number of benzene rings is 2. The van der Waals surface area contributed by atoms with Crippen LogP contribution < -0.4 is 4.74 Å². The minimum atomic E-state index is -0.311. The smallest absolute Gasteiger partial charge is 0.322 e. The third kappa shape index (κ3) is 3.37. The average Bonchev–Trinajstić information content (AvgIpc) is 2.61. The van der Waals surface area contributed by atoms with E-state index in [2.05, 4.69) is 19.9 Å². The van der Waals surface area contributed by atoms with Gasteiger partial charge < -0.3 is 4.74 Å². The Morgan fingerprint density at radius 2 is 1.91 bits per heavy atom. The van der Waals surface area contributed by atoms with Crippen LogP contribution >= 0.6 is 0 Å². The molecule has 2 heteroatoms. The van der Waals surface area contributed by atoms with Crippen molar-refractivity contribution < 1.29 is 9.53 Å². The van der Waals surface area contributed by atoms with Crippen LogP contribution in [0.15, 0.2) is 60.7 Å². The van der Waals surface area contributed by atoms with E-state index >= 15 is 0 Å². The van der Waals surface area contributed by atoms with E-state index in [-0.39, 0.29) is 11.9 Å². The lowest BCUT2D eigenvalue weighted by molar-refractivity contribution is -0.135. The number of ether oxygens (including phenoxy) is 1. The van der Waals surface area contributed by atoms with Crippen molar-refractivity contribution in [2.24, 2.45) is 0 Å². The van der Waals surface area contributed by atoms with E-state index in [0.29, 0.717) is 11.7 Å². The Balaban J connectivity index is 1.74. The molecule has 0 radical (unpaired) electrons. The summed E-state index contributed by atoms with van der Waals surface area (Å²) in [4.78, 5) is 12.5. The van der Waals surface area contributed by atoms with E-state index in [1.54, 1.807) is 0 Å². The van der Waals surface area contributed by atoms with Gasteiger partial charge in [-0.15, -0.1) is 0 Å². The Hall–Kier alpha value is -2.35. The first-order chi connectivity index (χ1) is 11.2. The standard InChI is InChI=1S/C21H22O2/c1-3-15(2)16-11-13-18(14-12-16)23-21(22)20-10-6-8-17-7-4-5-9-19(17)20/h4-7,9-15,20H,3,8H2,1-2H3. The molecule has 1 aliphatic carbocycles. The molecule has 0 fully saturated rings. The summed E-state index contributed by atoms with van der Waals surface area (Å²) in [5.74, 6) is 0.602. The molecule has 3 rings (SSSR count). The highest BCUT2D eigenvalue weighted by Gasteiger charge is 2.24. The predicted molar refractivity (Wildman–Crippen MR) is 92.8 cm³/mol. The fourth-order valence-corrected chi connectivity index (χ4v) is 2.94. The lowest BCUT2D eigenvalue weighted by Gasteiger charge is -2.19. The molecule has 2 unspecified atom stereocenters. The van der Waals surface area contributed by atoms with E-state index in [1.807, 2.05) is 54.6 Å². The van der Waals surface area contributed by atoms with Gasteiger partial charge in [-0.3, -0.25) is 4.79 Å². The molecule has 0 amide bonds. The largest absolute Gasteiger partial charge is 0.426 e. The second-order valence-corrected chi connectivity index (χ2v) is 6.11. The number of hydrogen-bond acceptors (Lipinski definition) is 2. The lowest BCUT2D eigenvalue weighted by Crippen LogP contribution is -2.20. The number of carbonyl (C=O) groups excluding carboxylic acids is 1. The highest BCUT2D eigenvalue weighted by atomic mass is 16.5. The van der Waals surface area contributed by atoms with Crippen molar-refractivity contribution in [3.05, 3.63) is 77.4 Å². The van der Waals surface area contributed by atoms with Gasteiger partial charge in [-0.2, -0.15) is 0 Å². The van der Waals surface area contributed by atoms with Crippen molar-refractivity contribution in [3.8, 4) is 5.75 Å². The van der Waals surface area contributed by atoms with Gasteiger partial charge in [0.15, 0.2) is 0 Å². The normalized spacial score (nSPS) is 17.4. The molecular formula is C21H22O2. The van der Waals surface area contributed by atoms with Gasteiger partial charge in [0.1, 0.15) is 11.7 Å². The van der Waals surface area contributed by atoms with Crippen molar-refractivity contribution in [3.63, 3.8) is 0 Å². The Morgan fingerprint density at radius 3 is 2.65 bits per heavy atom. The van der Waals surface area contributed by atoms with E-state index in [9.17, 15) is 4.79 Å². The molecule has 0 N–H and O–H groups in total. The fraction of sp³-hybridized carbons (Fsp3) is 0.286. The third-order valence-electron chi connectivity index (χ3n) is 4.59. The molecule has 118 valence electrons. The van der Waals surface area contributed by atoms with Gasteiger partial charge in [0.25, 0.3) is 0 Å². The van der Waals surface area contributed by atoms with Crippen LogP contribution in [0, 0.1) is 0 Å². The zero-order chi connectivity index (χ0) is 16.2. The Kier molecular flexibility index (Phi) is 4.61. The molecule has 0 saturated carbocycles. The summed E-state index contributed by atoms with van der Waals surface area (Å²) < 4.78 is 5.59. The van der Waals surface area contributed by atoms with Crippen molar-refractivity contribution in [1.29, 1.82) is 0 Å². The maximum atomic E-state index is 12.5. The van der Waals surface area contributed by atoms with Gasteiger partial charge in [0.2, 0.25) is 0 Å². The summed E-state index contributed by atoms with van der Waals surface area (Å²) in [7, 11) is 0. The Morgan fingerprint density at radius 1 is 1.17 bits per heavy atom. The van der Waals surface area contributed by atoms with Crippen LogP contribution in [0.1, 0.15) is 48.8 Å². The van der Waals surface area contributed by atoms with E-state index in [1.165, 1.54) is 11.1 Å². The summed E-state index contributed by atoms with van der Waals surface area (Å²) in [6, 6.07) is 15.9. The molecule has 0 heterocycles. The van der Waals surface area contributed by atoms with Gasteiger partial charge in [-0.1, -0.05) is 62.4 Å². The number of allylic oxidation sites excluding steroid dienone is 1. The molecule has 0 saturated heterocycles. The van der Waals surface area contributed by atoms with Crippen LogP contribution in [-0.2, 0) is 11.2 Å². The first-order valence-electron chi connectivity index (χ1n) is 8.25. The minimum Gasteiger partial charge on any atom is -0.426 e. The molecule has 2 aromatic carbocycles. The quantitative estimate of drug-likeness (QED) is 0.451. The summed E-state index contributed by atoms with van der Waals surface area (Å²) in [5.41, 5.74) is 3.52. The molecule has 0 bridgehead atoms. The predicted octanol–water partition coefficient (Wildman–Crippen LogP) is 5.00. The van der Waals surface area contributed by atoms with E-state index in [4.69, 9.17) is 4.74 Å². The van der Waals surface area contributed by atoms with Crippen molar-refractivity contribution in [2.75, 3.05) is 0 Å². The van der Waals surface area contributed by atoms with Crippen LogP contribution in [-0.4, -0.2) is 5.97 Å². The van der Waals surface area contributed by atoms with Gasteiger partial charge in [-0.25, -0.2) is 0 Å². The molecule has 0 aromatic heterocycles. The first-order valence-corrected chi connectivity index (χ1v) is 8.25. The van der Waals surface area contributed by atoms with Crippen LogP contribution in [0.3, 0.4) is 0 Å². The summed E-state index contributed by atoms with van der Waals surface area (Å²) in [6.45, 7) is 4.37. The van der Waals surface area contributed by atoms with Crippen molar-refractivity contribution in [2.45, 2.75) is 38.5 Å². The van der Waals surface area contributed by atoms with E-state index < -0.39 is 0 Å². The SMILES string of the molecule is CCC(C)c1ccc(OC(=O)C2C=CCc3ccccc32)cc1. The highest BCUT2D eigenvalue weighted by molar-refractivity contribution is 5.83. The maximum Gasteiger partial charge on any atom is 0.322 e. The number of carbonyl (C=O) groups is 1. The number of rotatable bonds is 4. The minimum absolute atomic E-state index is 0.218. The molecule has 0 spiro atoms. The zero-order valence-corrected chi connectivity index (χ0v) is 13.7. The Labute approximate surface area is 137 Å². The lowest BCUT2D eigenvalue weighted by atomic mass is 9.88. The summed E-state index contributed by atoms with van der Waals surface area (Å²) in [6.07, 6.45) is 5.96. The molecule has 2 nitrogen and oxygen atoms in total. The highest BCUT2D eigenvalue weighted by Crippen LogP contribution is 2.29. The second kappa shape index (κ2) is 6.82. The maximum absolute atomic E-state index is 12.5. The van der Waals surface area contributed by atoms with E-state index in [0.717, 1.165) is 18.4 Å². The molecule has 23 heavy (non-hydrogen) atoms. The molecule has 2 atom stereocenters. The van der Waals surface area contributed by atoms with Gasteiger partial charge >= 0.3 is 5.97 Å². The summed E-state index contributed by atoms with van der Waals surface area (Å²) >= 11 is 0. The molecule has 0 aliphatic heterocycles. The van der Waals surface area contributed by atoms with Crippen molar-refractivity contribution in [1.82, 2.24) is 0 Å².